The second-order valence-electron chi connectivity index (χ2n) is 3.32. The summed E-state index contributed by atoms with van der Waals surface area (Å²) in [6.45, 7) is 1.87. The molecule has 0 N–H and O–H groups in total. The van der Waals surface area contributed by atoms with Crippen molar-refractivity contribution in [3.05, 3.63) is 18.0 Å². The minimum atomic E-state index is 0. The van der Waals surface area contributed by atoms with Gasteiger partial charge >= 0.3 is 131 Å². The van der Waals surface area contributed by atoms with E-state index in [1.165, 1.54) is 0 Å². The molecule has 1 aromatic carbocycles. The van der Waals surface area contributed by atoms with E-state index in [1.807, 2.05) is 19.1 Å². The molecule has 4 nitrogen and oxygen atoms in total. The van der Waals surface area contributed by atoms with Crippen LogP contribution in [-0.2, 0) is 0 Å². The quantitative estimate of drug-likeness (QED) is 0.723. The van der Waals surface area contributed by atoms with Crippen molar-refractivity contribution in [3.63, 3.8) is 0 Å². The summed E-state index contributed by atoms with van der Waals surface area (Å²) in [6.07, 6.45) is 0. The minimum absolute atomic E-state index is 0. The van der Waals surface area contributed by atoms with E-state index < -0.39 is 0 Å². The van der Waals surface area contributed by atoms with Gasteiger partial charge in [-0.3, -0.25) is 0 Å². The Labute approximate surface area is 130 Å². The van der Waals surface area contributed by atoms with Crippen LogP contribution < -0.4 is 14.1 Å². The van der Waals surface area contributed by atoms with E-state index >= 15 is 0 Å². The second kappa shape index (κ2) is 6.03. The number of aromatic nitrogens is 2. The summed E-state index contributed by atoms with van der Waals surface area (Å²) in [5.74, 6) is 2.12. The van der Waals surface area contributed by atoms with Gasteiger partial charge in [0.25, 0.3) is 0 Å². The standard InChI is InChI=1S/C11H12N2O2Se.Na.H/c1-6-12-8-5-10(15-3)9(14-2)4-7(8)11(16)13-6;;/h4-5H,1-3H3,(H,12,13,16);;. The number of fused-ring (bicyclic) bond motifs is 1. The molecule has 0 saturated heterocycles. The zero-order chi connectivity index (χ0) is 11.7. The van der Waals surface area contributed by atoms with Gasteiger partial charge in [0.05, 0.1) is 0 Å². The third-order valence-corrected chi connectivity index (χ3v) is 3.01. The first-order chi connectivity index (χ1) is 7.65. The molecule has 1 heterocycles. The first-order valence-corrected chi connectivity index (χ1v) is 5.69. The fraction of sp³-hybridized carbons (Fsp3) is 0.273. The average molecular weight is 307 g/mol. The molecule has 0 aliphatic heterocycles. The van der Waals surface area contributed by atoms with Gasteiger partial charge < -0.3 is 0 Å². The Balaban J connectivity index is 0.00000144. The van der Waals surface area contributed by atoms with E-state index in [1.54, 1.807) is 14.2 Å². The molecule has 0 atom stereocenters. The summed E-state index contributed by atoms with van der Waals surface area (Å²) < 4.78 is 11.4. The van der Waals surface area contributed by atoms with E-state index in [0.717, 1.165) is 21.3 Å². The van der Waals surface area contributed by atoms with E-state index in [0.29, 0.717) is 11.5 Å². The monoisotopic (exact) mass is 308 g/mol. The van der Waals surface area contributed by atoms with Crippen molar-refractivity contribution in [1.82, 2.24) is 9.97 Å². The average Bonchev–Trinajstić information content (AvgIpc) is 2.27. The molecule has 0 aliphatic rings. The summed E-state index contributed by atoms with van der Waals surface area (Å²) in [6, 6.07) is 3.75. The molecule has 2 aromatic rings. The van der Waals surface area contributed by atoms with Gasteiger partial charge in [-0.15, -0.1) is 0 Å². The molecule has 0 amide bonds. The molecule has 6 heteroatoms. The molecule has 0 saturated carbocycles. The Bertz CT molecular complexity index is 548. The summed E-state index contributed by atoms with van der Waals surface area (Å²) in [5.41, 5.74) is 0.862. The van der Waals surface area contributed by atoms with Crippen LogP contribution in [0.25, 0.3) is 10.9 Å². The van der Waals surface area contributed by atoms with E-state index in [9.17, 15) is 0 Å². The summed E-state index contributed by atoms with van der Waals surface area (Å²) >= 11 is 2.44. The molecule has 0 radical (unpaired) electrons. The third kappa shape index (κ3) is 2.92. The van der Waals surface area contributed by atoms with Crippen molar-refractivity contribution in [2.75, 3.05) is 14.2 Å². The number of aryl methyl sites for hydroxylation is 1. The van der Waals surface area contributed by atoms with Gasteiger partial charge in [0.15, 0.2) is 0 Å². The van der Waals surface area contributed by atoms with E-state index in [4.69, 9.17) is 9.47 Å². The third-order valence-electron chi connectivity index (χ3n) is 2.29. The summed E-state index contributed by atoms with van der Waals surface area (Å²) in [5, 5.41) is 0.961. The Morgan fingerprint density at radius 3 is 2.24 bits per heavy atom. The fourth-order valence-corrected chi connectivity index (χ4v) is 2.23. The maximum atomic E-state index is 5.24. The number of hydrogen-bond acceptors (Lipinski definition) is 4. The molecule has 86 valence electrons. The molecule has 1 aromatic heterocycles. The molecule has 17 heavy (non-hydrogen) atoms. The van der Waals surface area contributed by atoms with E-state index in [-0.39, 0.29) is 29.6 Å². The summed E-state index contributed by atoms with van der Waals surface area (Å²) in [7, 11) is 3.23. The first-order valence-electron chi connectivity index (χ1n) is 4.75. The van der Waals surface area contributed by atoms with Crippen LogP contribution in [0.15, 0.2) is 12.1 Å². The maximum absolute atomic E-state index is 5.24. The van der Waals surface area contributed by atoms with Gasteiger partial charge in [-0.1, -0.05) is 0 Å². The summed E-state index contributed by atoms with van der Waals surface area (Å²) in [4.78, 5) is 8.66. The Morgan fingerprint density at radius 2 is 1.65 bits per heavy atom. The molecule has 0 bridgehead atoms. The number of ether oxygens (including phenoxy) is 2. The molecule has 0 unspecified atom stereocenters. The zero-order valence-corrected chi connectivity index (χ0v) is 11.2. The van der Waals surface area contributed by atoms with Gasteiger partial charge in [0.1, 0.15) is 0 Å². The molecule has 0 spiro atoms. The molecule has 0 aliphatic carbocycles. The second-order valence-corrected chi connectivity index (χ2v) is 4.21. The molecule has 2 rings (SSSR count). The number of hydrogen-bond donors (Lipinski definition) is 0. The predicted molar refractivity (Wildman–Crippen MR) is 71.3 cm³/mol. The van der Waals surface area contributed by atoms with Gasteiger partial charge in [-0.05, 0) is 0 Å². The van der Waals surface area contributed by atoms with Crippen molar-refractivity contribution < 1.29 is 9.47 Å². The van der Waals surface area contributed by atoms with Crippen molar-refractivity contribution >= 4 is 61.1 Å². The van der Waals surface area contributed by atoms with Crippen LogP contribution in [0.1, 0.15) is 5.82 Å². The fourth-order valence-electron chi connectivity index (χ4n) is 1.55. The van der Waals surface area contributed by atoms with Crippen LogP contribution in [0.3, 0.4) is 0 Å². The van der Waals surface area contributed by atoms with Crippen molar-refractivity contribution in [2.45, 2.75) is 6.92 Å². The van der Waals surface area contributed by atoms with Gasteiger partial charge in [0, 0.05) is 0 Å². The van der Waals surface area contributed by atoms with Crippen LogP contribution >= 0.6 is 0 Å². The molecular formula is C11H13N2NaO2Se. The molecule has 0 fully saturated rings. The topological polar surface area (TPSA) is 44.2 Å². The Hall–Kier alpha value is -0.321. The first kappa shape index (κ1) is 14.7. The van der Waals surface area contributed by atoms with Gasteiger partial charge in [0.2, 0.25) is 0 Å². The number of benzene rings is 1. The van der Waals surface area contributed by atoms with E-state index in [2.05, 4.69) is 26.0 Å². The van der Waals surface area contributed by atoms with Crippen LogP contribution in [0, 0.1) is 6.92 Å². The SMILES string of the molecule is COc1cc2nc(C)nc([SeH])c2cc1OC.[NaH]. The van der Waals surface area contributed by atoms with Crippen molar-refractivity contribution in [2.24, 2.45) is 0 Å². The van der Waals surface area contributed by atoms with Crippen LogP contribution in [-0.4, -0.2) is 69.8 Å². The molecular weight excluding hydrogens is 294 g/mol. The van der Waals surface area contributed by atoms with Crippen LogP contribution in [0.4, 0.5) is 0 Å². The predicted octanol–water partition coefficient (Wildman–Crippen LogP) is -0.167. The number of rotatable bonds is 2. The van der Waals surface area contributed by atoms with Crippen LogP contribution in [0.5, 0.6) is 11.5 Å². The Morgan fingerprint density at radius 1 is 1.06 bits per heavy atom. The van der Waals surface area contributed by atoms with Crippen molar-refractivity contribution in [1.29, 1.82) is 0 Å². The van der Waals surface area contributed by atoms with Crippen LogP contribution in [0.2, 0.25) is 0 Å². The van der Waals surface area contributed by atoms with Crippen molar-refractivity contribution in [3.8, 4) is 11.5 Å². The van der Waals surface area contributed by atoms with Gasteiger partial charge in [-0.2, -0.15) is 0 Å². The number of methoxy groups -OCH3 is 2. The number of nitrogens with zero attached hydrogens (tertiary/aromatic N) is 2. The zero-order valence-electron chi connectivity index (χ0n) is 9.31. The Kier molecular flexibility index (Phi) is 5.22. The van der Waals surface area contributed by atoms with Gasteiger partial charge in [-0.25, -0.2) is 0 Å². The normalized spacial score (nSPS) is 9.88.